The molecule has 1 amide bonds. The molecule has 3 aliphatic heterocycles. The number of alkyl halides is 1. The molecule has 38 heavy (non-hydrogen) atoms. The van der Waals surface area contributed by atoms with Gasteiger partial charge in [0.1, 0.15) is 29.9 Å². The van der Waals surface area contributed by atoms with Crippen LogP contribution < -0.4 is 9.47 Å². The maximum Gasteiger partial charge on any atom is 0.257 e. The Labute approximate surface area is 223 Å². The van der Waals surface area contributed by atoms with Crippen LogP contribution >= 0.6 is 0 Å². The summed E-state index contributed by atoms with van der Waals surface area (Å²) >= 11 is 0. The highest BCUT2D eigenvalue weighted by Crippen LogP contribution is 2.31. The van der Waals surface area contributed by atoms with Crippen LogP contribution in [-0.2, 0) is 13.0 Å². The molecule has 1 saturated heterocycles. The number of halogens is 1. The molecule has 9 heteroatoms. The normalized spacial score (nSPS) is 25.2. The molecule has 0 bridgehead atoms. The van der Waals surface area contributed by atoms with Crippen molar-refractivity contribution in [2.45, 2.75) is 50.8 Å². The number of rotatable bonds is 8. The molecule has 0 unspecified atom stereocenters. The van der Waals surface area contributed by atoms with E-state index in [1.807, 2.05) is 17.9 Å². The minimum Gasteiger partial charge on any atom is -0.488 e. The number of aliphatic hydroxyl groups is 2. The van der Waals surface area contributed by atoms with Crippen molar-refractivity contribution in [2.24, 2.45) is 0 Å². The SMILES string of the molecule is C[C@@H]1CN(C[C@H](O)CN2CCc3ccccc3C2)C(=O)c2ccc(O[C@@H]3CCN(CCO)C[C@H]3F)cc2O1. The number of aliphatic hydroxyl groups excluding tert-OH is 2. The molecule has 3 heterocycles. The van der Waals surface area contributed by atoms with Crippen molar-refractivity contribution in [1.29, 1.82) is 0 Å². The summed E-state index contributed by atoms with van der Waals surface area (Å²) in [5.41, 5.74) is 3.07. The zero-order chi connectivity index (χ0) is 26.6. The molecule has 0 spiro atoms. The molecule has 2 aromatic rings. The Kier molecular flexibility index (Phi) is 8.48. The highest BCUT2D eigenvalue weighted by molar-refractivity contribution is 5.97. The van der Waals surface area contributed by atoms with Gasteiger partial charge in [-0.1, -0.05) is 24.3 Å². The number of nitrogens with zero attached hydrogens (tertiary/aromatic N) is 3. The monoisotopic (exact) mass is 527 g/mol. The molecule has 8 nitrogen and oxygen atoms in total. The second-order valence-corrected chi connectivity index (χ2v) is 10.7. The van der Waals surface area contributed by atoms with E-state index in [-0.39, 0.29) is 31.7 Å². The lowest BCUT2D eigenvalue weighted by atomic mass is 10.00. The zero-order valence-electron chi connectivity index (χ0n) is 22.0. The van der Waals surface area contributed by atoms with Gasteiger partial charge in [-0.15, -0.1) is 0 Å². The topological polar surface area (TPSA) is 85.7 Å². The van der Waals surface area contributed by atoms with Gasteiger partial charge in [-0.25, -0.2) is 4.39 Å². The van der Waals surface area contributed by atoms with Crippen LogP contribution in [0.2, 0.25) is 0 Å². The summed E-state index contributed by atoms with van der Waals surface area (Å²) < 4.78 is 26.7. The number of fused-ring (bicyclic) bond motifs is 2. The van der Waals surface area contributed by atoms with E-state index < -0.39 is 18.4 Å². The van der Waals surface area contributed by atoms with Gasteiger partial charge in [0.05, 0.1) is 24.8 Å². The van der Waals surface area contributed by atoms with Crippen LogP contribution in [0.15, 0.2) is 42.5 Å². The van der Waals surface area contributed by atoms with Crippen LogP contribution in [0.1, 0.15) is 34.8 Å². The minimum absolute atomic E-state index is 0.00739. The lowest BCUT2D eigenvalue weighted by molar-refractivity contribution is 0.0166. The number of carbonyl (C=O) groups is 1. The van der Waals surface area contributed by atoms with E-state index in [1.54, 1.807) is 23.1 Å². The predicted molar refractivity (Wildman–Crippen MR) is 141 cm³/mol. The highest BCUT2D eigenvalue weighted by atomic mass is 19.1. The minimum atomic E-state index is -1.17. The fourth-order valence-corrected chi connectivity index (χ4v) is 5.74. The number of amides is 1. The lowest BCUT2D eigenvalue weighted by Gasteiger charge is -2.34. The number of ether oxygens (including phenoxy) is 2. The maximum absolute atomic E-state index is 14.7. The number of likely N-dealkylation sites (tertiary alicyclic amines) is 1. The average molecular weight is 528 g/mol. The van der Waals surface area contributed by atoms with E-state index in [1.165, 1.54) is 11.1 Å². The Hall–Kier alpha value is -2.72. The Morgan fingerprint density at radius 3 is 2.71 bits per heavy atom. The highest BCUT2D eigenvalue weighted by Gasteiger charge is 2.32. The maximum atomic E-state index is 14.7. The van der Waals surface area contributed by atoms with Gasteiger partial charge >= 0.3 is 0 Å². The molecule has 3 aliphatic rings. The molecule has 0 radical (unpaired) electrons. The summed E-state index contributed by atoms with van der Waals surface area (Å²) in [4.78, 5) is 19.2. The third kappa shape index (κ3) is 6.29. The Morgan fingerprint density at radius 2 is 1.92 bits per heavy atom. The third-order valence-electron chi connectivity index (χ3n) is 7.66. The number of hydrogen-bond donors (Lipinski definition) is 2. The van der Waals surface area contributed by atoms with Crippen molar-refractivity contribution in [1.82, 2.24) is 14.7 Å². The van der Waals surface area contributed by atoms with Crippen LogP contribution in [0, 0.1) is 0 Å². The summed E-state index contributed by atoms with van der Waals surface area (Å²) in [5, 5.41) is 20.0. The first-order valence-electron chi connectivity index (χ1n) is 13.6. The molecule has 2 aromatic carbocycles. The number of β-amino-alcohol motifs (C(OH)–C–C–N with tert-alkyl or cyclic N) is 2. The summed E-state index contributed by atoms with van der Waals surface area (Å²) in [6.45, 7) is 6.00. The van der Waals surface area contributed by atoms with E-state index in [9.17, 15) is 14.3 Å². The summed E-state index contributed by atoms with van der Waals surface area (Å²) in [6, 6.07) is 13.4. The Bertz CT molecular complexity index is 1120. The first-order valence-corrected chi connectivity index (χ1v) is 13.6. The number of carbonyl (C=O) groups excluding carboxylic acids is 1. The Morgan fingerprint density at radius 1 is 1.11 bits per heavy atom. The van der Waals surface area contributed by atoms with E-state index in [2.05, 4.69) is 23.1 Å². The molecule has 4 atom stereocenters. The fraction of sp³-hybridized carbons (Fsp3) is 0.552. The molecule has 0 saturated carbocycles. The smallest absolute Gasteiger partial charge is 0.257 e. The molecule has 0 aliphatic carbocycles. The zero-order valence-corrected chi connectivity index (χ0v) is 22.0. The van der Waals surface area contributed by atoms with Gasteiger partial charge in [-0.2, -0.15) is 0 Å². The quantitative estimate of drug-likeness (QED) is 0.544. The van der Waals surface area contributed by atoms with Crippen molar-refractivity contribution < 1.29 is 28.9 Å². The molecule has 0 aromatic heterocycles. The van der Waals surface area contributed by atoms with Crippen LogP contribution in [0.25, 0.3) is 0 Å². The number of benzene rings is 2. The van der Waals surface area contributed by atoms with Crippen LogP contribution in [0.4, 0.5) is 4.39 Å². The van der Waals surface area contributed by atoms with Crippen LogP contribution in [0.5, 0.6) is 11.5 Å². The first kappa shape index (κ1) is 26.9. The van der Waals surface area contributed by atoms with Gasteiger partial charge in [-0.05, 0) is 43.0 Å². The van der Waals surface area contributed by atoms with Gasteiger partial charge in [0, 0.05) is 51.9 Å². The molecular formula is C29H38FN3O5. The number of hydrogen-bond acceptors (Lipinski definition) is 7. The number of piperidine rings is 1. The van der Waals surface area contributed by atoms with Gasteiger partial charge in [0.25, 0.3) is 5.91 Å². The Balaban J connectivity index is 1.20. The van der Waals surface area contributed by atoms with Crippen LogP contribution in [0.3, 0.4) is 0 Å². The largest absolute Gasteiger partial charge is 0.488 e. The van der Waals surface area contributed by atoms with E-state index in [0.717, 1.165) is 19.5 Å². The van der Waals surface area contributed by atoms with Crippen molar-refractivity contribution in [3.05, 3.63) is 59.2 Å². The van der Waals surface area contributed by atoms with E-state index >= 15 is 0 Å². The summed E-state index contributed by atoms with van der Waals surface area (Å²) in [7, 11) is 0. The second-order valence-electron chi connectivity index (χ2n) is 10.7. The van der Waals surface area contributed by atoms with Crippen LogP contribution in [-0.4, -0.2) is 108 Å². The van der Waals surface area contributed by atoms with Gasteiger partial charge in [0.2, 0.25) is 0 Å². The fourth-order valence-electron chi connectivity index (χ4n) is 5.74. The average Bonchev–Trinajstić information content (AvgIpc) is 3.00. The van der Waals surface area contributed by atoms with Gasteiger partial charge in [0.15, 0.2) is 0 Å². The molecular weight excluding hydrogens is 489 g/mol. The second kappa shape index (κ2) is 12.0. The van der Waals surface area contributed by atoms with Crippen molar-refractivity contribution in [2.75, 3.05) is 52.4 Å². The third-order valence-corrected chi connectivity index (χ3v) is 7.66. The van der Waals surface area contributed by atoms with E-state index in [4.69, 9.17) is 14.6 Å². The first-order chi connectivity index (χ1) is 18.4. The lowest BCUT2D eigenvalue weighted by Crippen LogP contribution is -2.47. The molecule has 5 rings (SSSR count). The van der Waals surface area contributed by atoms with Crippen molar-refractivity contribution in [3.8, 4) is 11.5 Å². The van der Waals surface area contributed by atoms with Gasteiger partial charge in [-0.3, -0.25) is 14.6 Å². The summed E-state index contributed by atoms with van der Waals surface area (Å²) in [5.74, 6) is 0.684. The van der Waals surface area contributed by atoms with Crippen molar-refractivity contribution in [3.63, 3.8) is 0 Å². The predicted octanol–water partition coefficient (Wildman–Crippen LogP) is 2.11. The standard InChI is InChI=1S/C29H38FN3O5/c1-20-15-33(18-23(35)17-32-10-8-21-4-2-3-5-22(21)16-32)29(36)25-7-6-24(14-28(25)37-20)38-27-9-11-31(12-13-34)19-26(27)30/h2-7,14,20,23,26-27,34-35H,8-13,15-19H2,1H3/t20-,23-,26-,27-/m1/s1. The van der Waals surface area contributed by atoms with Crippen molar-refractivity contribution >= 4 is 5.91 Å². The summed E-state index contributed by atoms with van der Waals surface area (Å²) in [6.07, 6.45) is -1.24. The van der Waals surface area contributed by atoms with Gasteiger partial charge < -0.3 is 24.6 Å². The van der Waals surface area contributed by atoms with E-state index in [0.29, 0.717) is 49.7 Å². The molecule has 206 valence electrons. The molecule has 1 fully saturated rings. The molecule has 2 N–H and O–H groups in total.